The smallest absolute Gasteiger partial charge is 0.321 e. The number of benzene rings is 2. The quantitative estimate of drug-likeness (QED) is 0.692. The van der Waals surface area contributed by atoms with Crippen LogP contribution in [0.25, 0.3) is 11.0 Å². The fourth-order valence-corrected chi connectivity index (χ4v) is 6.20. The van der Waals surface area contributed by atoms with Crippen LogP contribution in [-0.2, 0) is 23.9 Å². The van der Waals surface area contributed by atoms with Crippen molar-refractivity contribution >= 4 is 32.5 Å². The molecule has 1 saturated carbocycles. The fourth-order valence-electron chi connectivity index (χ4n) is 4.20. The second-order valence-electron chi connectivity index (χ2n) is 7.86. The van der Waals surface area contributed by atoms with Gasteiger partial charge in [0.2, 0.25) is 0 Å². The third-order valence-corrected chi connectivity index (χ3v) is 8.25. The van der Waals surface area contributed by atoms with E-state index in [1.54, 1.807) is 44.4 Å². The summed E-state index contributed by atoms with van der Waals surface area (Å²) in [5.74, 6) is -0.393. The second-order valence-corrected chi connectivity index (χ2v) is 10.1. The van der Waals surface area contributed by atoms with Gasteiger partial charge in [-0.05, 0) is 37.1 Å². The molecule has 1 fully saturated rings. The third kappa shape index (κ3) is 3.45. The summed E-state index contributed by atoms with van der Waals surface area (Å²) in [6, 6.07) is 11.8. The van der Waals surface area contributed by atoms with Crippen LogP contribution in [0, 0.1) is 0 Å². The number of sulfone groups is 1. The minimum Gasteiger partial charge on any atom is -0.321 e. The number of nitrogens with zero attached hydrogens (tertiary/aromatic N) is 2. The molecule has 0 aliphatic heterocycles. The van der Waals surface area contributed by atoms with E-state index in [9.17, 15) is 18.0 Å². The Morgan fingerprint density at radius 2 is 1.57 bits per heavy atom. The number of carbonyl (C=O) groups excluding carboxylic acids is 1. The predicted molar refractivity (Wildman–Crippen MR) is 117 cm³/mol. The van der Waals surface area contributed by atoms with E-state index in [0.717, 1.165) is 19.3 Å². The van der Waals surface area contributed by atoms with Crippen LogP contribution in [0.2, 0.25) is 0 Å². The molecule has 7 nitrogen and oxygen atoms in total. The van der Waals surface area contributed by atoms with Gasteiger partial charge in [0.25, 0.3) is 5.91 Å². The van der Waals surface area contributed by atoms with Crippen molar-refractivity contribution < 1.29 is 13.2 Å². The second kappa shape index (κ2) is 7.75. The van der Waals surface area contributed by atoms with Crippen molar-refractivity contribution in [3.63, 3.8) is 0 Å². The Kier molecular flexibility index (Phi) is 5.27. The number of amides is 1. The summed E-state index contributed by atoms with van der Waals surface area (Å²) < 4.78 is 29.9. The summed E-state index contributed by atoms with van der Waals surface area (Å²) in [5.41, 5.74) is 1.48. The van der Waals surface area contributed by atoms with Gasteiger partial charge in [0.05, 0.1) is 26.9 Å². The van der Waals surface area contributed by atoms with Crippen LogP contribution < -0.4 is 11.0 Å². The van der Waals surface area contributed by atoms with Crippen LogP contribution in [0.1, 0.15) is 42.5 Å². The van der Waals surface area contributed by atoms with E-state index in [2.05, 4.69) is 5.32 Å². The highest BCUT2D eigenvalue weighted by atomic mass is 32.2. The first-order valence-electron chi connectivity index (χ1n) is 10.1. The fraction of sp³-hybridized carbons (Fsp3) is 0.364. The molecule has 1 aliphatic rings. The molecule has 3 aromatic rings. The predicted octanol–water partition coefficient (Wildman–Crippen LogP) is 3.24. The van der Waals surface area contributed by atoms with Crippen molar-refractivity contribution in [3.8, 4) is 0 Å². The topological polar surface area (TPSA) is 90.2 Å². The Bertz CT molecular complexity index is 1270. The number of hydrogen-bond donors (Lipinski definition) is 1. The minimum absolute atomic E-state index is 0.0763. The van der Waals surface area contributed by atoms with E-state index in [4.69, 9.17) is 0 Å². The third-order valence-electron chi connectivity index (χ3n) is 5.96. The molecule has 8 heteroatoms. The average molecular weight is 428 g/mol. The standard InChI is InChI=1S/C22H25N3O4S/c1-24-18-13-17(23-21(26)15-9-5-3-6-10-15)20(14-19(18)25(2)22(24)27)30(28,29)16-11-7-4-8-12-16/h3,5-6,9-10,13-14,16H,4,7-8,11-12H2,1-2H3,(H,23,26). The maximum Gasteiger partial charge on any atom is 0.328 e. The molecule has 0 spiro atoms. The van der Waals surface area contributed by atoms with E-state index < -0.39 is 21.0 Å². The maximum absolute atomic E-state index is 13.5. The van der Waals surface area contributed by atoms with Crippen LogP contribution in [-0.4, -0.2) is 28.7 Å². The maximum atomic E-state index is 13.5. The van der Waals surface area contributed by atoms with Gasteiger partial charge < -0.3 is 5.32 Å². The molecular formula is C22H25N3O4S. The Morgan fingerprint density at radius 3 is 2.20 bits per heavy atom. The summed E-state index contributed by atoms with van der Waals surface area (Å²) in [4.78, 5) is 25.3. The minimum atomic E-state index is -3.67. The number of aromatic nitrogens is 2. The molecule has 1 heterocycles. The van der Waals surface area contributed by atoms with Crippen molar-refractivity contribution in [2.75, 3.05) is 5.32 Å². The van der Waals surface area contributed by atoms with Gasteiger partial charge in [-0.3, -0.25) is 13.9 Å². The molecule has 0 saturated heterocycles. The molecule has 1 N–H and O–H groups in total. The van der Waals surface area contributed by atoms with Gasteiger partial charge in [0, 0.05) is 19.7 Å². The number of carbonyl (C=O) groups is 1. The molecule has 0 atom stereocenters. The van der Waals surface area contributed by atoms with Crippen molar-refractivity contribution in [2.45, 2.75) is 42.2 Å². The van der Waals surface area contributed by atoms with Crippen molar-refractivity contribution in [3.05, 3.63) is 58.5 Å². The normalized spacial score (nSPS) is 15.4. The molecular weight excluding hydrogens is 402 g/mol. The van der Waals surface area contributed by atoms with Gasteiger partial charge in [0.15, 0.2) is 9.84 Å². The van der Waals surface area contributed by atoms with Crippen molar-refractivity contribution in [1.29, 1.82) is 0 Å². The van der Waals surface area contributed by atoms with Gasteiger partial charge in [-0.2, -0.15) is 0 Å². The Morgan fingerprint density at radius 1 is 0.967 bits per heavy atom. The lowest BCUT2D eigenvalue weighted by Crippen LogP contribution is -2.25. The highest BCUT2D eigenvalue weighted by Gasteiger charge is 2.32. The number of anilines is 1. The molecule has 2 aromatic carbocycles. The van der Waals surface area contributed by atoms with E-state index in [1.807, 2.05) is 6.07 Å². The highest BCUT2D eigenvalue weighted by Crippen LogP contribution is 2.34. The lowest BCUT2D eigenvalue weighted by atomic mass is 10.0. The number of fused-ring (bicyclic) bond motifs is 1. The van der Waals surface area contributed by atoms with Gasteiger partial charge >= 0.3 is 5.69 Å². The molecule has 0 bridgehead atoms. The largest absolute Gasteiger partial charge is 0.328 e. The zero-order valence-electron chi connectivity index (χ0n) is 17.1. The van der Waals surface area contributed by atoms with Crippen LogP contribution in [0.3, 0.4) is 0 Å². The molecule has 1 aromatic heterocycles. The van der Waals surface area contributed by atoms with Crippen molar-refractivity contribution in [2.24, 2.45) is 14.1 Å². The van der Waals surface area contributed by atoms with Crippen LogP contribution >= 0.6 is 0 Å². The monoisotopic (exact) mass is 427 g/mol. The number of nitrogens with one attached hydrogen (secondary N) is 1. The highest BCUT2D eigenvalue weighted by molar-refractivity contribution is 7.92. The summed E-state index contributed by atoms with van der Waals surface area (Å²) in [6.45, 7) is 0. The lowest BCUT2D eigenvalue weighted by molar-refractivity contribution is 0.102. The summed E-state index contributed by atoms with van der Waals surface area (Å²) in [7, 11) is -0.429. The Balaban J connectivity index is 1.88. The zero-order valence-corrected chi connectivity index (χ0v) is 17.9. The SMILES string of the molecule is Cn1c(=O)n(C)c2cc(S(=O)(=O)C3CCCCC3)c(NC(=O)c3ccccc3)cc21. The number of imidazole rings is 1. The first-order chi connectivity index (χ1) is 14.3. The first-order valence-corrected chi connectivity index (χ1v) is 11.6. The Labute approximate surface area is 175 Å². The van der Waals surface area contributed by atoms with E-state index in [1.165, 1.54) is 15.2 Å². The van der Waals surface area contributed by atoms with E-state index in [0.29, 0.717) is 29.4 Å². The van der Waals surface area contributed by atoms with Gasteiger partial charge in [-0.1, -0.05) is 37.5 Å². The summed E-state index contributed by atoms with van der Waals surface area (Å²) >= 11 is 0. The van der Waals surface area contributed by atoms with Crippen LogP contribution in [0.5, 0.6) is 0 Å². The molecule has 0 radical (unpaired) electrons. The van der Waals surface area contributed by atoms with E-state index >= 15 is 0 Å². The molecule has 30 heavy (non-hydrogen) atoms. The Hall–Kier alpha value is -2.87. The molecule has 4 rings (SSSR count). The molecule has 1 amide bonds. The zero-order chi connectivity index (χ0) is 21.5. The number of hydrogen-bond acceptors (Lipinski definition) is 4. The summed E-state index contributed by atoms with van der Waals surface area (Å²) in [5, 5.41) is 2.30. The van der Waals surface area contributed by atoms with Gasteiger partial charge in [-0.25, -0.2) is 13.2 Å². The molecule has 158 valence electrons. The van der Waals surface area contributed by atoms with Gasteiger partial charge in [-0.15, -0.1) is 0 Å². The van der Waals surface area contributed by atoms with E-state index in [-0.39, 0.29) is 16.3 Å². The average Bonchev–Trinajstić information content (AvgIpc) is 2.98. The van der Waals surface area contributed by atoms with Crippen molar-refractivity contribution in [1.82, 2.24) is 9.13 Å². The molecule has 1 aliphatic carbocycles. The summed E-state index contributed by atoms with van der Waals surface area (Å²) in [6.07, 6.45) is 4.01. The van der Waals surface area contributed by atoms with Crippen LogP contribution in [0.4, 0.5) is 5.69 Å². The lowest BCUT2D eigenvalue weighted by Gasteiger charge is -2.23. The van der Waals surface area contributed by atoms with Crippen LogP contribution in [0.15, 0.2) is 52.2 Å². The number of rotatable bonds is 4. The number of aryl methyl sites for hydroxylation is 2. The molecule has 0 unspecified atom stereocenters. The first kappa shape index (κ1) is 20.4. The van der Waals surface area contributed by atoms with Gasteiger partial charge in [0.1, 0.15) is 0 Å².